The molecule has 1 heterocycles. The van der Waals surface area contributed by atoms with Crippen molar-refractivity contribution in [2.45, 2.75) is 20.8 Å². The number of hydrogen-bond acceptors (Lipinski definition) is 5. The zero-order valence-corrected chi connectivity index (χ0v) is 16.0. The zero-order chi connectivity index (χ0) is 19.1. The quantitative estimate of drug-likeness (QED) is 0.312. The third kappa shape index (κ3) is 4.82. The molecule has 0 spiro atoms. The van der Waals surface area contributed by atoms with Gasteiger partial charge in [0.15, 0.2) is 5.11 Å². The molecule has 138 valence electrons. The first-order valence-corrected chi connectivity index (χ1v) is 8.47. The van der Waals surface area contributed by atoms with Gasteiger partial charge in [-0.3, -0.25) is 5.43 Å². The van der Waals surface area contributed by atoms with Gasteiger partial charge in [-0.05, 0) is 50.7 Å². The summed E-state index contributed by atoms with van der Waals surface area (Å²) in [6.45, 7) is 5.76. The number of carbonyl (C=O) groups excluding carboxylic acids is 1. The largest absolute Gasteiger partial charge is 0.497 e. The molecule has 7 nitrogen and oxygen atoms in total. The molecule has 0 fully saturated rings. The van der Waals surface area contributed by atoms with Gasteiger partial charge in [0.1, 0.15) is 5.75 Å². The Hall–Kier alpha value is -2.87. The summed E-state index contributed by atoms with van der Waals surface area (Å²) >= 11 is 5.21. The normalized spacial score (nSPS) is 10.6. The van der Waals surface area contributed by atoms with Crippen LogP contribution in [0.5, 0.6) is 5.75 Å². The van der Waals surface area contributed by atoms with E-state index in [1.165, 1.54) is 0 Å². The lowest BCUT2D eigenvalue weighted by molar-refractivity contribution is 0.0525. The number of rotatable bonds is 6. The first-order valence-electron chi connectivity index (χ1n) is 8.06. The summed E-state index contributed by atoms with van der Waals surface area (Å²) in [6, 6.07) is 7.39. The topological polar surface area (TPSA) is 87.7 Å². The van der Waals surface area contributed by atoms with E-state index in [2.05, 4.69) is 20.8 Å². The molecule has 2 rings (SSSR count). The molecule has 1 aromatic carbocycles. The fourth-order valence-corrected chi connectivity index (χ4v) is 2.60. The highest BCUT2D eigenvalue weighted by atomic mass is 32.1. The smallest absolute Gasteiger partial charge is 0.340 e. The Kier molecular flexibility index (Phi) is 6.74. The first-order chi connectivity index (χ1) is 12.5. The van der Waals surface area contributed by atoms with Crippen molar-refractivity contribution in [1.82, 2.24) is 10.4 Å². The number of aromatic amines is 1. The van der Waals surface area contributed by atoms with E-state index < -0.39 is 0 Å². The second-order valence-corrected chi connectivity index (χ2v) is 5.85. The molecule has 0 aliphatic heterocycles. The standard InChI is InChI=1S/C18H22N4O3S/c1-5-25-17(23)16-11(2)15(20-12(16)3)10-19-22-18(26)21-13-7-6-8-14(9-13)24-4/h6-10,20H,5H2,1-4H3,(H2,21,22,26)/b19-10+. The molecule has 8 heteroatoms. The van der Waals surface area contributed by atoms with Gasteiger partial charge in [0, 0.05) is 17.4 Å². The van der Waals surface area contributed by atoms with E-state index in [9.17, 15) is 4.79 Å². The summed E-state index contributed by atoms with van der Waals surface area (Å²) in [7, 11) is 1.60. The number of hydrogen-bond donors (Lipinski definition) is 3. The summed E-state index contributed by atoms with van der Waals surface area (Å²) in [6.07, 6.45) is 1.57. The van der Waals surface area contributed by atoms with Crippen molar-refractivity contribution in [3.05, 3.63) is 46.8 Å². The van der Waals surface area contributed by atoms with E-state index in [1.54, 1.807) is 20.2 Å². The number of benzene rings is 1. The number of esters is 1. The molecule has 0 saturated heterocycles. The van der Waals surface area contributed by atoms with E-state index in [4.69, 9.17) is 21.7 Å². The third-order valence-electron chi connectivity index (χ3n) is 3.64. The van der Waals surface area contributed by atoms with Crippen LogP contribution in [-0.2, 0) is 4.74 Å². The molecule has 0 aliphatic rings. The van der Waals surface area contributed by atoms with Gasteiger partial charge in [-0.15, -0.1) is 0 Å². The van der Waals surface area contributed by atoms with Crippen molar-refractivity contribution in [2.75, 3.05) is 19.0 Å². The number of carbonyl (C=O) groups is 1. The Balaban J connectivity index is 2.00. The summed E-state index contributed by atoms with van der Waals surface area (Å²) in [4.78, 5) is 15.1. The van der Waals surface area contributed by atoms with Gasteiger partial charge in [-0.25, -0.2) is 4.79 Å². The Morgan fingerprint density at radius 3 is 2.85 bits per heavy atom. The Bertz CT molecular complexity index is 830. The lowest BCUT2D eigenvalue weighted by Crippen LogP contribution is -2.23. The van der Waals surface area contributed by atoms with E-state index in [1.807, 2.05) is 38.1 Å². The highest BCUT2D eigenvalue weighted by molar-refractivity contribution is 7.80. The summed E-state index contributed by atoms with van der Waals surface area (Å²) in [5, 5.41) is 7.45. The van der Waals surface area contributed by atoms with Crippen molar-refractivity contribution >= 4 is 35.2 Å². The minimum Gasteiger partial charge on any atom is -0.497 e. The van der Waals surface area contributed by atoms with Gasteiger partial charge in [-0.2, -0.15) is 5.10 Å². The lowest BCUT2D eigenvalue weighted by atomic mass is 10.1. The van der Waals surface area contributed by atoms with Gasteiger partial charge in [0.05, 0.1) is 31.2 Å². The number of H-pyrrole nitrogens is 1. The van der Waals surface area contributed by atoms with Gasteiger partial charge in [0.2, 0.25) is 0 Å². The average molecular weight is 374 g/mol. The van der Waals surface area contributed by atoms with Crippen LogP contribution in [0.2, 0.25) is 0 Å². The van der Waals surface area contributed by atoms with Crippen LogP contribution in [0.3, 0.4) is 0 Å². The highest BCUT2D eigenvalue weighted by Gasteiger charge is 2.18. The number of hydrazone groups is 1. The van der Waals surface area contributed by atoms with Gasteiger partial charge >= 0.3 is 5.97 Å². The number of ether oxygens (including phenoxy) is 2. The van der Waals surface area contributed by atoms with E-state index in [0.29, 0.717) is 23.0 Å². The highest BCUT2D eigenvalue weighted by Crippen LogP contribution is 2.18. The number of anilines is 1. The predicted molar refractivity (Wildman–Crippen MR) is 106 cm³/mol. The third-order valence-corrected chi connectivity index (χ3v) is 3.84. The van der Waals surface area contributed by atoms with Crippen LogP contribution in [0, 0.1) is 13.8 Å². The lowest BCUT2D eigenvalue weighted by Gasteiger charge is -2.08. The molecule has 0 atom stereocenters. The fourth-order valence-electron chi connectivity index (χ4n) is 2.43. The maximum atomic E-state index is 12.0. The molecular weight excluding hydrogens is 352 g/mol. The Morgan fingerprint density at radius 1 is 1.38 bits per heavy atom. The van der Waals surface area contributed by atoms with Gasteiger partial charge < -0.3 is 19.8 Å². The van der Waals surface area contributed by atoms with Crippen molar-refractivity contribution in [3.8, 4) is 5.75 Å². The molecule has 1 aromatic heterocycles. The van der Waals surface area contributed by atoms with Crippen molar-refractivity contribution in [3.63, 3.8) is 0 Å². The summed E-state index contributed by atoms with van der Waals surface area (Å²) in [5.41, 5.74) is 6.28. The van der Waals surface area contributed by atoms with Gasteiger partial charge in [0.25, 0.3) is 0 Å². The second kappa shape index (κ2) is 9.00. The molecule has 0 amide bonds. The molecule has 0 saturated carbocycles. The minimum absolute atomic E-state index is 0.331. The molecule has 0 aliphatic carbocycles. The average Bonchev–Trinajstić information content (AvgIpc) is 2.89. The molecule has 0 bridgehead atoms. The van der Waals surface area contributed by atoms with Crippen molar-refractivity contribution in [2.24, 2.45) is 5.10 Å². The zero-order valence-electron chi connectivity index (χ0n) is 15.2. The molecule has 2 aromatic rings. The van der Waals surface area contributed by atoms with Crippen LogP contribution in [0.1, 0.15) is 34.2 Å². The Morgan fingerprint density at radius 2 is 2.15 bits per heavy atom. The van der Waals surface area contributed by atoms with Crippen molar-refractivity contribution in [1.29, 1.82) is 0 Å². The number of nitrogens with one attached hydrogen (secondary N) is 3. The van der Waals surface area contributed by atoms with Crippen LogP contribution in [0.25, 0.3) is 0 Å². The molecular formula is C18H22N4O3S. The molecule has 0 radical (unpaired) electrons. The van der Waals surface area contributed by atoms with E-state index >= 15 is 0 Å². The van der Waals surface area contributed by atoms with Gasteiger partial charge in [-0.1, -0.05) is 6.07 Å². The molecule has 26 heavy (non-hydrogen) atoms. The minimum atomic E-state index is -0.346. The molecule has 3 N–H and O–H groups in total. The predicted octanol–water partition coefficient (Wildman–Crippen LogP) is 3.14. The summed E-state index contributed by atoms with van der Waals surface area (Å²) in [5.74, 6) is 0.381. The van der Waals surface area contributed by atoms with Crippen LogP contribution in [-0.4, -0.2) is 36.0 Å². The maximum absolute atomic E-state index is 12.0. The summed E-state index contributed by atoms with van der Waals surface area (Å²) < 4.78 is 10.2. The monoisotopic (exact) mass is 374 g/mol. The Labute approximate surface area is 157 Å². The number of aryl methyl sites for hydroxylation is 1. The first kappa shape index (κ1) is 19.5. The fraction of sp³-hybridized carbons (Fsp3) is 0.278. The number of aromatic nitrogens is 1. The van der Waals surface area contributed by atoms with Crippen LogP contribution >= 0.6 is 12.2 Å². The van der Waals surface area contributed by atoms with Crippen LogP contribution in [0.4, 0.5) is 5.69 Å². The number of methoxy groups -OCH3 is 1. The number of nitrogens with zero attached hydrogens (tertiary/aromatic N) is 1. The maximum Gasteiger partial charge on any atom is 0.340 e. The van der Waals surface area contributed by atoms with E-state index in [0.717, 1.165) is 22.7 Å². The SMILES string of the molecule is CCOC(=O)c1c(C)[nH]c(/C=N/NC(=S)Nc2cccc(OC)c2)c1C. The van der Waals surface area contributed by atoms with E-state index in [-0.39, 0.29) is 5.97 Å². The van der Waals surface area contributed by atoms with Crippen LogP contribution < -0.4 is 15.5 Å². The number of thiocarbonyl (C=S) groups is 1. The van der Waals surface area contributed by atoms with Crippen molar-refractivity contribution < 1.29 is 14.3 Å². The second-order valence-electron chi connectivity index (χ2n) is 5.44. The molecule has 0 unspecified atom stereocenters. The van der Waals surface area contributed by atoms with Crippen LogP contribution in [0.15, 0.2) is 29.4 Å².